The third-order valence-corrected chi connectivity index (χ3v) is 6.02. The molecule has 0 fully saturated rings. The van der Waals surface area contributed by atoms with Crippen molar-refractivity contribution in [3.8, 4) is 5.69 Å². The van der Waals surface area contributed by atoms with Gasteiger partial charge in [0.2, 0.25) is 0 Å². The van der Waals surface area contributed by atoms with Crippen molar-refractivity contribution in [2.45, 2.75) is 10.6 Å². The molecule has 1 amide bonds. The first-order chi connectivity index (χ1) is 14.2. The number of hydrogen-bond acceptors (Lipinski definition) is 5. The van der Waals surface area contributed by atoms with Crippen molar-refractivity contribution in [1.29, 1.82) is 0 Å². The lowest BCUT2D eigenvalue weighted by molar-refractivity contribution is 0.102. The molecular formula is C22H17N3O2S2. The average Bonchev–Trinajstić information content (AvgIpc) is 3.28. The molecule has 0 unspecified atom stereocenters. The highest BCUT2D eigenvalue weighted by Gasteiger charge is 2.13. The minimum Gasteiger partial charge on any atom is -0.320 e. The van der Waals surface area contributed by atoms with Crippen LogP contribution in [0.25, 0.3) is 5.69 Å². The van der Waals surface area contributed by atoms with Crippen LogP contribution >= 0.6 is 23.1 Å². The van der Waals surface area contributed by atoms with Crippen molar-refractivity contribution in [3.05, 3.63) is 105 Å². The van der Waals surface area contributed by atoms with Gasteiger partial charge in [-0.1, -0.05) is 30.3 Å². The number of hydrogen-bond donors (Lipinski definition) is 1. The summed E-state index contributed by atoms with van der Waals surface area (Å²) in [5, 5.41) is 11.3. The third kappa shape index (κ3) is 4.64. The number of amides is 1. The standard InChI is InChI=1S/C22H17N3O2S2/c26-21-11-10-19(24-25(21)17-6-2-1-3-7-17)22(27)23-18-8-4-5-9-20(18)29-15-16-12-13-28-14-16/h1-14H,15H2,(H,23,27). The normalized spacial score (nSPS) is 10.6. The molecule has 0 aliphatic rings. The molecule has 5 nitrogen and oxygen atoms in total. The van der Waals surface area contributed by atoms with E-state index in [0.29, 0.717) is 5.69 Å². The van der Waals surface area contributed by atoms with Crippen molar-refractivity contribution in [1.82, 2.24) is 9.78 Å². The van der Waals surface area contributed by atoms with Gasteiger partial charge >= 0.3 is 0 Å². The van der Waals surface area contributed by atoms with Crippen LogP contribution in [0.15, 0.2) is 93.2 Å². The maximum absolute atomic E-state index is 12.8. The number of nitrogens with zero attached hydrogens (tertiary/aromatic N) is 2. The zero-order valence-electron chi connectivity index (χ0n) is 15.3. The molecule has 0 bridgehead atoms. The van der Waals surface area contributed by atoms with Crippen molar-refractivity contribution < 1.29 is 4.79 Å². The van der Waals surface area contributed by atoms with E-state index in [4.69, 9.17) is 0 Å². The van der Waals surface area contributed by atoms with Crippen LogP contribution in [0.5, 0.6) is 0 Å². The summed E-state index contributed by atoms with van der Waals surface area (Å²) >= 11 is 3.33. The molecule has 0 atom stereocenters. The largest absolute Gasteiger partial charge is 0.320 e. The zero-order chi connectivity index (χ0) is 20.1. The minimum atomic E-state index is -0.363. The summed E-state index contributed by atoms with van der Waals surface area (Å²) in [5.41, 5.74) is 2.46. The van der Waals surface area contributed by atoms with Gasteiger partial charge in [0.05, 0.1) is 11.4 Å². The molecular weight excluding hydrogens is 402 g/mol. The van der Waals surface area contributed by atoms with E-state index >= 15 is 0 Å². The summed E-state index contributed by atoms with van der Waals surface area (Å²) in [5.74, 6) is 0.464. The molecule has 29 heavy (non-hydrogen) atoms. The van der Waals surface area contributed by atoms with Crippen LogP contribution in [-0.4, -0.2) is 15.7 Å². The highest BCUT2D eigenvalue weighted by Crippen LogP contribution is 2.30. The summed E-state index contributed by atoms with van der Waals surface area (Å²) in [7, 11) is 0. The van der Waals surface area contributed by atoms with E-state index in [1.54, 1.807) is 35.2 Å². The van der Waals surface area contributed by atoms with E-state index in [9.17, 15) is 9.59 Å². The molecule has 1 N–H and O–H groups in total. The monoisotopic (exact) mass is 419 g/mol. The number of carbonyl (C=O) groups is 1. The Morgan fingerprint density at radius 3 is 2.59 bits per heavy atom. The van der Waals surface area contributed by atoms with Gasteiger partial charge in [-0.25, -0.2) is 0 Å². The first-order valence-electron chi connectivity index (χ1n) is 8.91. The van der Waals surface area contributed by atoms with Gasteiger partial charge in [-0.3, -0.25) is 9.59 Å². The molecule has 0 aliphatic heterocycles. The Balaban J connectivity index is 1.55. The Labute approximate surface area is 176 Å². The number of nitrogens with one attached hydrogen (secondary N) is 1. The van der Waals surface area contributed by atoms with Crippen LogP contribution in [0.4, 0.5) is 5.69 Å². The number of aromatic nitrogens is 2. The number of para-hydroxylation sites is 2. The second kappa shape index (κ2) is 8.89. The van der Waals surface area contributed by atoms with E-state index in [0.717, 1.165) is 16.3 Å². The van der Waals surface area contributed by atoms with Crippen molar-refractivity contribution in [2.75, 3.05) is 5.32 Å². The SMILES string of the molecule is O=C(Nc1ccccc1SCc1ccsc1)c1ccc(=O)n(-c2ccccc2)n1. The topological polar surface area (TPSA) is 64.0 Å². The van der Waals surface area contributed by atoms with Crippen LogP contribution in [0.3, 0.4) is 0 Å². The first-order valence-corrected chi connectivity index (χ1v) is 10.8. The average molecular weight is 420 g/mol. The molecule has 0 saturated carbocycles. The number of thiophene rings is 1. The molecule has 7 heteroatoms. The van der Waals surface area contributed by atoms with Gasteiger partial charge in [0, 0.05) is 16.7 Å². The maximum atomic E-state index is 12.8. The summed E-state index contributed by atoms with van der Waals surface area (Å²) < 4.78 is 1.23. The molecule has 144 valence electrons. The lowest BCUT2D eigenvalue weighted by atomic mass is 10.3. The molecule has 0 saturated heterocycles. The van der Waals surface area contributed by atoms with Crippen LogP contribution in [0.1, 0.15) is 16.1 Å². The smallest absolute Gasteiger partial charge is 0.276 e. The molecule has 0 radical (unpaired) electrons. The third-order valence-electron chi connectivity index (χ3n) is 4.14. The number of rotatable bonds is 6. The predicted molar refractivity (Wildman–Crippen MR) is 118 cm³/mol. The minimum absolute atomic E-state index is 0.172. The summed E-state index contributed by atoms with van der Waals surface area (Å²) in [6, 6.07) is 21.6. The van der Waals surface area contributed by atoms with Gasteiger partial charge < -0.3 is 5.32 Å². The zero-order valence-corrected chi connectivity index (χ0v) is 17.0. The van der Waals surface area contributed by atoms with Gasteiger partial charge in [0.15, 0.2) is 0 Å². The van der Waals surface area contributed by atoms with E-state index < -0.39 is 0 Å². The lowest BCUT2D eigenvalue weighted by Crippen LogP contribution is -2.24. The Kier molecular flexibility index (Phi) is 5.88. The van der Waals surface area contributed by atoms with Crippen LogP contribution in [0.2, 0.25) is 0 Å². The van der Waals surface area contributed by atoms with Gasteiger partial charge in [-0.05, 0) is 52.7 Å². The van der Waals surface area contributed by atoms with Crippen molar-refractivity contribution in [3.63, 3.8) is 0 Å². The fourth-order valence-electron chi connectivity index (χ4n) is 2.70. The van der Waals surface area contributed by atoms with Gasteiger partial charge in [-0.15, -0.1) is 11.8 Å². The fraction of sp³-hybridized carbons (Fsp3) is 0.0455. The second-order valence-electron chi connectivity index (χ2n) is 6.17. The Morgan fingerprint density at radius 1 is 1.00 bits per heavy atom. The fourth-order valence-corrected chi connectivity index (χ4v) is 4.43. The quantitative estimate of drug-likeness (QED) is 0.454. The van der Waals surface area contributed by atoms with Crippen LogP contribution in [0, 0.1) is 0 Å². The van der Waals surface area contributed by atoms with E-state index in [-0.39, 0.29) is 17.2 Å². The van der Waals surface area contributed by atoms with Crippen molar-refractivity contribution >= 4 is 34.7 Å². The van der Waals surface area contributed by atoms with E-state index in [1.165, 1.54) is 22.4 Å². The predicted octanol–water partition coefficient (Wildman–Crippen LogP) is 4.84. The Hall–Kier alpha value is -3.16. The van der Waals surface area contributed by atoms with Crippen LogP contribution in [-0.2, 0) is 5.75 Å². The second-order valence-corrected chi connectivity index (χ2v) is 7.97. The number of thioether (sulfide) groups is 1. The molecule has 4 rings (SSSR count). The van der Waals surface area contributed by atoms with E-state index in [2.05, 4.69) is 27.2 Å². The number of anilines is 1. The summed E-state index contributed by atoms with van der Waals surface area (Å²) in [6.45, 7) is 0. The molecule has 0 aliphatic carbocycles. The first kappa shape index (κ1) is 19.2. The molecule has 2 aromatic carbocycles. The number of carbonyl (C=O) groups excluding carboxylic acids is 1. The molecule has 4 aromatic rings. The molecule has 0 spiro atoms. The Morgan fingerprint density at radius 2 is 1.79 bits per heavy atom. The summed E-state index contributed by atoms with van der Waals surface area (Å²) in [6.07, 6.45) is 0. The highest BCUT2D eigenvalue weighted by molar-refractivity contribution is 7.98. The van der Waals surface area contributed by atoms with Gasteiger partial charge in [-0.2, -0.15) is 21.1 Å². The Bertz CT molecular complexity index is 1170. The van der Waals surface area contributed by atoms with Gasteiger partial charge in [0.25, 0.3) is 11.5 Å². The number of benzene rings is 2. The summed E-state index contributed by atoms with van der Waals surface area (Å²) in [4.78, 5) is 25.9. The molecule has 2 heterocycles. The van der Waals surface area contributed by atoms with Crippen LogP contribution < -0.4 is 10.9 Å². The molecule has 2 aromatic heterocycles. The van der Waals surface area contributed by atoms with Crippen molar-refractivity contribution in [2.24, 2.45) is 0 Å². The lowest BCUT2D eigenvalue weighted by Gasteiger charge is -2.11. The van der Waals surface area contributed by atoms with E-state index in [1.807, 2.05) is 42.5 Å². The maximum Gasteiger partial charge on any atom is 0.276 e. The van der Waals surface area contributed by atoms with Gasteiger partial charge in [0.1, 0.15) is 5.69 Å². The highest BCUT2D eigenvalue weighted by atomic mass is 32.2.